The van der Waals surface area contributed by atoms with Gasteiger partial charge in [-0.2, -0.15) is 18.3 Å². The molecule has 4 amide bonds. The number of nitrogens with zero attached hydrogens (tertiary/aromatic N) is 5. The Morgan fingerprint density at radius 3 is 2.26 bits per heavy atom. The Hall–Kier alpha value is -3.90. The lowest BCUT2D eigenvalue weighted by Gasteiger charge is -2.35. The van der Waals surface area contributed by atoms with Gasteiger partial charge in [-0.3, -0.25) is 24.1 Å². The summed E-state index contributed by atoms with van der Waals surface area (Å²) in [6.07, 6.45) is -3.00. The molecular weight excluding hydrogens is 471 g/mol. The standard InChI is InChI=1S/C22H22F3N5O5/c1-35-16-12-30(15-4-2-3-14(11-15)22(23,24)25)26-20(16)21(34)28-9-7-27(8-10-28)19(33)13-29-17(31)5-6-18(29)32/h2-4,11-12H,5-10,13H2,1H3. The third-order valence-corrected chi connectivity index (χ3v) is 5.91. The predicted octanol–water partition coefficient (Wildman–Crippen LogP) is 1.33. The maximum atomic E-state index is 13.1. The number of amides is 4. The predicted molar refractivity (Wildman–Crippen MR) is 114 cm³/mol. The van der Waals surface area contributed by atoms with E-state index in [0.717, 1.165) is 21.7 Å². The number of halogens is 3. The van der Waals surface area contributed by atoms with Crippen LogP contribution in [0.1, 0.15) is 28.9 Å². The highest BCUT2D eigenvalue weighted by atomic mass is 19.4. The van der Waals surface area contributed by atoms with E-state index < -0.39 is 17.6 Å². The second-order valence-corrected chi connectivity index (χ2v) is 8.09. The maximum absolute atomic E-state index is 13.1. The summed E-state index contributed by atoms with van der Waals surface area (Å²) < 4.78 is 45.6. The average Bonchev–Trinajstić information content (AvgIpc) is 3.42. The van der Waals surface area contributed by atoms with Crippen molar-refractivity contribution in [1.29, 1.82) is 0 Å². The van der Waals surface area contributed by atoms with Gasteiger partial charge in [0, 0.05) is 39.0 Å². The van der Waals surface area contributed by atoms with Crippen LogP contribution in [-0.4, -0.2) is 87.9 Å². The molecule has 0 atom stereocenters. The van der Waals surface area contributed by atoms with Gasteiger partial charge in [-0.1, -0.05) is 6.07 Å². The zero-order valence-corrected chi connectivity index (χ0v) is 18.7. The Balaban J connectivity index is 1.43. The van der Waals surface area contributed by atoms with Crippen LogP contribution < -0.4 is 4.74 Å². The molecule has 13 heteroatoms. The minimum absolute atomic E-state index is 0.0713. The number of likely N-dealkylation sites (tertiary alicyclic amines) is 1. The highest BCUT2D eigenvalue weighted by molar-refractivity contribution is 6.04. The van der Waals surface area contributed by atoms with Crippen molar-refractivity contribution in [3.05, 3.63) is 41.7 Å². The summed E-state index contributed by atoms with van der Waals surface area (Å²) in [5.41, 5.74) is -0.813. The molecule has 0 bridgehead atoms. The van der Waals surface area contributed by atoms with E-state index in [2.05, 4.69) is 5.10 Å². The van der Waals surface area contributed by atoms with Crippen LogP contribution in [0.4, 0.5) is 13.2 Å². The number of alkyl halides is 3. The Morgan fingerprint density at radius 1 is 1.03 bits per heavy atom. The third kappa shape index (κ3) is 4.98. The fourth-order valence-corrected chi connectivity index (χ4v) is 3.96. The van der Waals surface area contributed by atoms with Crippen LogP contribution in [-0.2, 0) is 20.6 Å². The number of hydrogen-bond donors (Lipinski definition) is 0. The fraction of sp³-hybridized carbons (Fsp3) is 0.409. The summed E-state index contributed by atoms with van der Waals surface area (Å²) in [6.45, 7) is 0.411. The van der Waals surface area contributed by atoms with Gasteiger partial charge in [0.05, 0.1) is 24.6 Å². The maximum Gasteiger partial charge on any atom is 0.416 e. The minimum Gasteiger partial charge on any atom is -0.493 e. The van der Waals surface area contributed by atoms with Crippen LogP contribution in [0.2, 0.25) is 0 Å². The molecule has 2 aliphatic heterocycles. The molecule has 0 N–H and O–H groups in total. The zero-order valence-electron chi connectivity index (χ0n) is 18.7. The average molecular weight is 493 g/mol. The van der Waals surface area contributed by atoms with Crippen LogP contribution in [0.25, 0.3) is 5.69 Å². The van der Waals surface area contributed by atoms with E-state index in [1.807, 2.05) is 0 Å². The molecule has 186 valence electrons. The second kappa shape index (κ2) is 9.39. The normalized spacial score (nSPS) is 16.7. The summed E-state index contributed by atoms with van der Waals surface area (Å²) >= 11 is 0. The first-order chi connectivity index (χ1) is 16.6. The van der Waals surface area contributed by atoms with Crippen molar-refractivity contribution in [3.8, 4) is 11.4 Å². The molecular formula is C22H22F3N5O5. The number of aromatic nitrogens is 2. The molecule has 0 spiro atoms. The lowest BCUT2D eigenvalue weighted by Crippen LogP contribution is -2.53. The molecule has 0 unspecified atom stereocenters. The molecule has 4 rings (SSSR count). The van der Waals surface area contributed by atoms with Gasteiger partial charge in [0.1, 0.15) is 6.54 Å². The van der Waals surface area contributed by atoms with Gasteiger partial charge >= 0.3 is 6.18 Å². The lowest BCUT2D eigenvalue weighted by molar-refractivity contribution is -0.146. The van der Waals surface area contributed by atoms with Gasteiger partial charge < -0.3 is 14.5 Å². The smallest absolute Gasteiger partial charge is 0.416 e. The number of rotatable bonds is 5. The quantitative estimate of drug-likeness (QED) is 0.582. The van der Waals surface area contributed by atoms with Gasteiger partial charge in [0.15, 0.2) is 11.4 Å². The van der Waals surface area contributed by atoms with E-state index in [1.165, 1.54) is 35.2 Å². The van der Waals surface area contributed by atoms with E-state index >= 15 is 0 Å². The first-order valence-corrected chi connectivity index (χ1v) is 10.8. The Labute approximate surface area is 197 Å². The van der Waals surface area contributed by atoms with Crippen LogP contribution in [0.15, 0.2) is 30.5 Å². The van der Waals surface area contributed by atoms with Crippen molar-refractivity contribution < 1.29 is 37.1 Å². The molecule has 10 nitrogen and oxygen atoms in total. The molecule has 0 radical (unpaired) electrons. The third-order valence-electron chi connectivity index (χ3n) is 5.91. The first kappa shape index (κ1) is 24.2. The highest BCUT2D eigenvalue weighted by Crippen LogP contribution is 2.31. The number of ether oxygens (including phenoxy) is 1. The van der Waals surface area contributed by atoms with Crippen molar-refractivity contribution in [2.45, 2.75) is 19.0 Å². The number of methoxy groups -OCH3 is 1. The van der Waals surface area contributed by atoms with Crippen molar-refractivity contribution in [1.82, 2.24) is 24.5 Å². The van der Waals surface area contributed by atoms with Crippen molar-refractivity contribution >= 4 is 23.6 Å². The second-order valence-electron chi connectivity index (χ2n) is 8.09. The number of hydrogen-bond acceptors (Lipinski definition) is 6. The molecule has 0 aliphatic carbocycles. The van der Waals surface area contributed by atoms with Gasteiger partial charge in [-0.05, 0) is 18.2 Å². The Kier molecular flexibility index (Phi) is 6.50. The van der Waals surface area contributed by atoms with E-state index in [0.29, 0.717) is 0 Å². The Morgan fingerprint density at radius 2 is 1.66 bits per heavy atom. The van der Waals surface area contributed by atoms with Crippen LogP contribution in [0.5, 0.6) is 5.75 Å². The fourth-order valence-electron chi connectivity index (χ4n) is 3.96. The molecule has 0 saturated carbocycles. The molecule has 2 aromatic rings. The monoisotopic (exact) mass is 493 g/mol. The lowest BCUT2D eigenvalue weighted by atomic mass is 10.2. The Bertz CT molecular complexity index is 1150. The largest absolute Gasteiger partial charge is 0.493 e. The molecule has 1 aromatic heterocycles. The zero-order chi connectivity index (χ0) is 25.3. The minimum atomic E-state index is -4.53. The molecule has 35 heavy (non-hydrogen) atoms. The van der Waals surface area contributed by atoms with E-state index in [4.69, 9.17) is 4.74 Å². The van der Waals surface area contributed by atoms with Gasteiger partial charge in [0.2, 0.25) is 17.7 Å². The number of benzene rings is 1. The van der Waals surface area contributed by atoms with Crippen LogP contribution in [0.3, 0.4) is 0 Å². The highest BCUT2D eigenvalue weighted by Gasteiger charge is 2.34. The first-order valence-electron chi connectivity index (χ1n) is 10.8. The van der Waals surface area contributed by atoms with Crippen molar-refractivity contribution in [2.24, 2.45) is 0 Å². The summed E-state index contributed by atoms with van der Waals surface area (Å²) in [5, 5.41) is 4.16. The summed E-state index contributed by atoms with van der Waals surface area (Å²) in [5.74, 6) is -1.53. The number of imide groups is 1. The van der Waals surface area contributed by atoms with Gasteiger partial charge in [-0.25, -0.2) is 4.68 Å². The summed E-state index contributed by atoms with van der Waals surface area (Å²) in [6, 6.07) is 4.52. The number of carbonyl (C=O) groups is 4. The summed E-state index contributed by atoms with van der Waals surface area (Å²) in [4.78, 5) is 52.9. The van der Waals surface area contributed by atoms with Gasteiger partial charge in [0.25, 0.3) is 5.91 Å². The van der Waals surface area contributed by atoms with Crippen molar-refractivity contribution in [3.63, 3.8) is 0 Å². The number of piperazine rings is 1. The topological polar surface area (TPSA) is 105 Å². The SMILES string of the molecule is COc1cn(-c2cccc(C(F)(F)F)c2)nc1C(=O)N1CCN(C(=O)CN2C(=O)CCC2=O)CC1. The molecule has 1 aromatic carbocycles. The van der Waals surface area contributed by atoms with Crippen LogP contribution in [0, 0.1) is 0 Å². The van der Waals surface area contributed by atoms with Crippen molar-refractivity contribution in [2.75, 3.05) is 39.8 Å². The number of carbonyl (C=O) groups excluding carboxylic acids is 4. The molecule has 2 saturated heterocycles. The molecule has 2 aliphatic rings. The summed E-state index contributed by atoms with van der Waals surface area (Å²) in [7, 11) is 1.32. The van der Waals surface area contributed by atoms with Gasteiger partial charge in [-0.15, -0.1) is 0 Å². The van der Waals surface area contributed by atoms with Crippen LogP contribution >= 0.6 is 0 Å². The molecule has 2 fully saturated rings. The van der Waals surface area contributed by atoms with E-state index in [1.54, 1.807) is 0 Å². The van der Waals surface area contributed by atoms with E-state index in [-0.39, 0.29) is 80.4 Å². The van der Waals surface area contributed by atoms with E-state index in [9.17, 15) is 32.3 Å². The molecule has 3 heterocycles.